The van der Waals surface area contributed by atoms with Crippen LogP contribution < -0.4 is 5.32 Å². The van der Waals surface area contributed by atoms with Gasteiger partial charge in [-0.3, -0.25) is 0 Å². The Hall–Kier alpha value is -0.980. The van der Waals surface area contributed by atoms with Crippen molar-refractivity contribution in [2.24, 2.45) is 5.92 Å². The maximum Gasteiger partial charge on any atom is 0.244 e. The van der Waals surface area contributed by atoms with Crippen molar-refractivity contribution in [2.45, 2.75) is 38.8 Å². The number of hydrogen-bond donors (Lipinski definition) is 1. The lowest BCUT2D eigenvalue weighted by atomic mass is 9.91. The molecule has 1 aliphatic rings. The number of nitrogens with one attached hydrogen (secondary N) is 1. The van der Waals surface area contributed by atoms with Crippen molar-refractivity contribution in [2.75, 3.05) is 26.9 Å². The second-order valence-corrected chi connectivity index (χ2v) is 5.13. The van der Waals surface area contributed by atoms with Crippen LogP contribution >= 0.6 is 0 Å². The Bertz CT molecular complexity index is 377. The topological polar surface area (TPSA) is 69.4 Å². The molecule has 1 saturated heterocycles. The summed E-state index contributed by atoms with van der Waals surface area (Å²) in [7, 11) is 1.71. The Morgan fingerprint density at radius 1 is 1.42 bits per heavy atom. The van der Waals surface area contributed by atoms with Gasteiger partial charge in [-0.15, -0.1) is 0 Å². The molecule has 1 aliphatic heterocycles. The van der Waals surface area contributed by atoms with Crippen LogP contribution in [0, 0.1) is 12.8 Å². The fourth-order valence-electron chi connectivity index (χ4n) is 2.50. The van der Waals surface area contributed by atoms with E-state index < -0.39 is 0 Å². The van der Waals surface area contributed by atoms with Crippen LogP contribution in [0.4, 0.5) is 0 Å². The zero-order valence-electron chi connectivity index (χ0n) is 11.9. The summed E-state index contributed by atoms with van der Waals surface area (Å²) in [5, 5.41) is 7.44. The van der Waals surface area contributed by atoms with Crippen molar-refractivity contribution in [3.8, 4) is 0 Å². The summed E-state index contributed by atoms with van der Waals surface area (Å²) < 4.78 is 16.0. The van der Waals surface area contributed by atoms with Crippen molar-refractivity contribution in [1.29, 1.82) is 0 Å². The van der Waals surface area contributed by atoms with E-state index in [1.165, 1.54) is 0 Å². The summed E-state index contributed by atoms with van der Waals surface area (Å²) in [5.41, 5.74) is 0. The summed E-state index contributed by atoms with van der Waals surface area (Å²) in [6.07, 6.45) is 2.03. The molecular weight excluding hydrogens is 246 g/mol. The normalized spacial score (nSPS) is 20.4. The van der Waals surface area contributed by atoms with Crippen molar-refractivity contribution in [3.05, 3.63) is 11.7 Å². The van der Waals surface area contributed by atoms with Crippen LogP contribution in [0.3, 0.4) is 0 Å². The van der Waals surface area contributed by atoms with E-state index >= 15 is 0 Å². The lowest BCUT2D eigenvalue weighted by Crippen LogP contribution is -2.39. The minimum atomic E-state index is 0.0789. The minimum absolute atomic E-state index is 0.0789. The Kier molecular flexibility index (Phi) is 5.30. The molecule has 108 valence electrons. The maximum absolute atomic E-state index is 5.42. The quantitative estimate of drug-likeness (QED) is 0.843. The molecular formula is C13H23N3O3. The number of methoxy groups -OCH3 is 1. The largest absolute Gasteiger partial charge is 0.383 e. The van der Waals surface area contributed by atoms with Crippen molar-refractivity contribution in [3.63, 3.8) is 0 Å². The van der Waals surface area contributed by atoms with Gasteiger partial charge in [0.2, 0.25) is 5.89 Å². The van der Waals surface area contributed by atoms with Crippen LogP contribution in [-0.4, -0.2) is 43.1 Å². The average molecular weight is 269 g/mol. The third kappa shape index (κ3) is 3.99. The van der Waals surface area contributed by atoms with Gasteiger partial charge in [-0.1, -0.05) is 5.16 Å². The summed E-state index contributed by atoms with van der Waals surface area (Å²) in [4.78, 5) is 4.38. The van der Waals surface area contributed by atoms with Crippen molar-refractivity contribution >= 4 is 0 Å². The fourth-order valence-corrected chi connectivity index (χ4v) is 2.50. The van der Waals surface area contributed by atoms with Crippen molar-refractivity contribution in [1.82, 2.24) is 15.5 Å². The van der Waals surface area contributed by atoms with E-state index in [4.69, 9.17) is 14.0 Å². The number of aromatic nitrogens is 2. The van der Waals surface area contributed by atoms with E-state index in [0.29, 0.717) is 24.2 Å². The molecule has 0 bridgehead atoms. The molecule has 1 N–H and O–H groups in total. The number of nitrogens with zero attached hydrogens (tertiary/aromatic N) is 2. The van der Waals surface area contributed by atoms with E-state index in [0.717, 1.165) is 26.1 Å². The van der Waals surface area contributed by atoms with Gasteiger partial charge in [0.1, 0.15) is 0 Å². The Labute approximate surface area is 113 Å². The molecule has 2 atom stereocenters. The first kappa shape index (κ1) is 14.4. The van der Waals surface area contributed by atoms with Crippen LogP contribution in [0.5, 0.6) is 0 Å². The molecule has 0 aliphatic carbocycles. The standard InChI is InChI=1S/C13H23N3O3/c1-9(8-17-3)14-12(11-4-6-18-7-5-11)13-15-10(2)16-19-13/h9,11-12,14H,4-8H2,1-3H3/t9-,12-/m0/s1. The third-order valence-electron chi connectivity index (χ3n) is 3.43. The molecule has 0 saturated carbocycles. The number of ether oxygens (including phenoxy) is 2. The molecule has 0 spiro atoms. The van der Waals surface area contributed by atoms with Gasteiger partial charge in [0.05, 0.1) is 12.6 Å². The molecule has 2 rings (SSSR count). The first-order valence-corrected chi connectivity index (χ1v) is 6.83. The molecule has 0 unspecified atom stereocenters. The van der Waals surface area contributed by atoms with Crippen LogP contribution in [-0.2, 0) is 9.47 Å². The summed E-state index contributed by atoms with van der Waals surface area (Å²) in [6.45, 7) is 6.20. The highest BCUT2D eigenvalue weighted by atomic mass is 16.5. The SMILES string of the molecule is COC[C@H](C)N[C@H](c1nc(C)no1)C1CCOCC1. The van der Waals surface area contributed by atoms with E-state index in [1.807, 2.05) is 6.92 Å². The molecule has 1 aromatic heterocycles. The van der Waals surface area contributed by atoms with Crippen LogP contribution in [0.15, 0.2) is 4.52 Å². The predicted molar refractivity (Wildman–Crippen MR) is 69.8 cm³/mol. The first-order chi connectivity index (χ1) is 9.20. The van der Waals surface area contributed by atoms with Crippen molar-refractivity contribution < 1.29 is 14.0 Å². The van der Waals surface area contributed by atoms with Crippen LogP contribution in [0.25, 0.3) is 0 Å². The summed E-state index contributed by atoms with van der Waals surface area (Å²) in [5.74, 6) is 1.81. The van der Waals surface area contributed by atoms with E-state index in [9.17, 15) is 0 Å². The van der Waals surface area contributed by atoms with Gasteiger partial charge in [-0.25, -0.2) is 0 Å². The Balaban J connectivity index is 2.07. The molecule has 6 nitrogen and oxygen atoms in total. The number of rotatable bonds is 6. The van der Waals surface area contributed by atoms with Gasteiger partial charge < -0.3 is 19.3 Å². The lowest BCUT2D eigenvalue weighted by molar-refractivity contribution is 0.0443. The van der Waals surface area contributed by atoms with Crippen LogP contribution in [0.1, 0.15) is 37.5 Å². The fraction of sp³-hybridized carbons (Fsp3) is 0.846. The highest BCUT2D eigenvalue weighted by Crippen LogP contribution is 2.29. The van der Waals surface area contributed by atoms with Gasteiger partial charge in [0, 0.05) is 26.4 Å². The maximum atomic E-state index is 5.42. The molecule has 19 heavy (non-hydrogen) atoms. The lowest BCUT2D eigenvalue weighted by Gasteiger charge is -2.30. The summed E-state index contributed by atoms with van der Waals surface area (Å²) in [6, 6.07) is 0.320. The highest BCUT2D eigenvalue weighted by molar-refractivity contribution is 4.96. The monoisotopic (exact) mass is 269 g/mol. The molecule has 0 amide bonds. The van der Waals surface area contributed by atoms with Gasteiger partial charge in [0.15, 0.2) is 5.82 Å². The van der Waals surface area contributed by atoms with E-state index in [1.54, 1.807) is 7.11 Å². The Morgan fingerprint density at radius 2 is 2.16 bits per heavy atom. The third-order valence-corrected chi connectivity index (χ3v) is 3.43. The number of hydrogen-bond acceptors (Lipinski definition) is 6. The molecule has 1 aromatic rings. The number of aryl methyl sites for hydroxylation is 1. The van der Waals surface area contributed by atoms with E-state index in [2.05, 4.69) is 22.4 Å². The van der Waals surface area contributed by atoms with Gasteiger partial charge in [0.25, 0.3) is 0 Å². The molecule has 2 heterocycles. The van der Waals surface area contributed by atoms with Gasteiger partial charge >= 0.3 is 0 Å². The second kappa shape index (κ2) is 6.98. The van der Waals surface area contributed by atoms with Crippen LogP contribution in [0.2, 0.25) is 0 Å². The predicted octanol–water partition coefficient (Wildman–Crippen LogP) is 1.47. The molecule has 1 fully saturated rings. The summed E-state index contributed by atoms with van der Waals surface area (Å²) >= 11 is 0. The molecule has 0 radical (unpaired) electrons. The molecule has 6 heteroatoms. The Morgan fingerprint density at radius 3 is 2.74 bits per heavy atom. The zero-order chi connectivity index (χ0) is 13.7. The molecule has 0 aromatic carbocycles. The minimum Gasteiger partial charge on any atom is -0.383 e. The zero-order valence-corrected chi connectivity index (χ0v) is 11.9. The van der Waals surface area contributed by atoms with E-state index in [-0.39, 0.29) is 12.1 Å². The average Bonchev–Trinajstić information content (AvgIpc) is 2.84. The highest BCUT2D eigenvalue weighted by Gasteiger charge is 2.30. The smallest absolute Gasteiger partial charge is 0.244 e. The second-order valence-electron chi connectivity index (χ2n) is 5.13. The van der Waals surface area contributed by atoms with Gasteiger partial charge in [-0.2, -0.15) is 4.98 Å². The van der Waals surface area contributed by atoms with Gasteiger partial charge in [-0.05, 0) is 32.6 Å². The first-order valence-electron chi connectivity index (χ1n) is 6.83.